The Hall–Kier alpha value is -8.08. The van der Waals surface area contributed by atoms with Gasteiger partial charge in [-0.2, -0.15) is 0 Å². The number of para-hydroxylation sites is 3. The van der Waals surface area contributed by atoms with Crippen LogP contribution in [-0.4, -0.2) is 21.2 Å². The van der Waals surface area contributed by atoms with Crippen molar-refractivity contribution in [2.45, 2.75) is 0 Å². The second kappa shape index (κ2) is 14.7. The first-order chi connectivity index (χ1) is 29.7. The number of rotatable bonds is 8. The van der Waals surface area contributed by atoms with Crippen LogP contribution in [0.3, 0.4) is 0 Å². The Bertz CT molecular complexity index is 3450. The molecule has 0 amide bonds. The Morgan fingerprint density at radius 1 is 0.400 bits per heavy atom. The molecule has 2 heterocycles. The molecule has 0 atom stereocenters. The summed E-state index contributed by atoms with van der Waals surface area (Å²) >= 11 is 0. The number of benzene rings is 9. The third-order valence-corrected chi connectivity index (χ3v) is 11.7. The van der Waals surface area contributed by atoms with Gasteiger partial charge in [-0.25, -0.2) is 4.99 Å². The monoisotopic (exact) mass is 766 g/mol. The molecule has 0 bridgehead atoms. The summed E-state index contributed by atoms with van der Waals surface area (Å²) < 4.78 is 4.61. The summed E-state index contributed by atoms with van der Waals surface area (Å²) in [4.78, 5) is 5.24. The van der Waals surface area contributed by atoms with Crippen molar-refractivity contribution in [1.82, 2.24) is 9.13 Å². The van der Waals surface area contributed by atoms with Gasteiger partial charge in [-0.15, -0.1) is 0 Å². The highest BCUT2D eigenvalue weighted by molar-refractivity contribution is 6.28. The minimum atomic E-state index is 0.389. The van der Waals surface area contributed by atoms with E-state index in [-0.39, 0.29) is 0 Å². The van der Waals surface area contributed by atoms with Crippen molar-refractivity contribution in [3.05, 3.63) is 230 Å². The molecule has 60 heavy (non-hydrogen) atoms. The van der Waals surface area contributed by atoms with Gasteiger partial charge in [0.1, 0.15) is 6.34 Å². The highest BCUT2D eigenvalue weighted by atomic mass is 15.0. The predicted octanol–water partition coefficient (Wildman–Crippen LogP) is 14.4. The average molecular weight is 767 g/mol. The van der Waals surface area contributed by atoms with Crippen LogP contribution in [0, 0.1) is 5.41 Å². The Labute approximate surface area is 347 Å². The third kappa shape index (κ3) is 6.02. The molecule has 0 saturated heterocycles. The summed E-state index contributed by atoms with van der Waals surface area (Å²) in [5.41, 5.74) is 13.1. The molecule has 2 aromatic heterocycles. The van der Waals surface area contributed by atoms with Crippen LogP contribution in [0.5, 0.6) is 0 Å². The zero-order chi connectivity index (χ0) is 40.0. The summed E-state index contributed by atoms with van der Waals surface area (Å²) in [5.74, 6) is 0. The molecule has 9 aromatic carbocycles. The van der Waals surface area contributed by atoms with Gasteiger partial charge in [-0.3, -0.25) is 4.57 Å². The molecule has 0 unspecified atom stereocenters. The van der Waals surface area contributed by atoms with E-state index in [1.807, 2.05) is 48.8 Å². The summed E-state index contributed by atoms with van der Waals surface area (Å²) in [6, 6.07) is 74.4. The van der Waals surface area contributed by atoms with Gasteiger partial charge in [0.25, 0.3) is 0 Å². The lowest BCUT2D eigenvalue weighted by molar-refractivity contribution is 1.19. The molecule has 11 aromatic rings. The number of aliphatic imine (C=N–C) groups is 1. The van der Waals surface area contributed by atoms with E-state index in [1.165, 1.54) is 38.0 Å². The smallest absolute Gasteiger partial charge is 0.100 e. The lowest BCUT2D eigenvalue weighted by atomic mass is 10.00. The maximum Gasteiger partial charge on any atom is 0.100 e. The number of aromatic nitrogens is 2. The fraction of sp³-hybridized carbons (Fsp3) is 0. The normalized spacial score (nSPS) is 12.1. The van der Waals surface area contributed by atoms with Crippen LogP contribution in [0.15, 0.2) is 223 Å². The Morgan fingerprint density at radius 3 is 1.57 bits per heavy atom. The van der Waals surface area contributed by atoms with Crippen LogP contribution in [0.1, 0.15) is 11.1 Å². The second-order valence-corrected chi connectivity index (χ2v) is 15.2. The van der Waals surface area contributed by atoms with Crippen molar-refractivity contribution in [3.8, 4) is 27.9 Å². The van der Waals surface area contributed by atoms with Crippen molar-refractivity contribution in [1.29, 1.82) is 5.41 Å². The fourth-order valence-corrected chi connectivity index (χ4v) is 8.80. The quantitative estimate of drug-likeness (QED) is 0.118. The molecule has 0 aliphatic heterocycles. The van der Waals surface area contributed by atoms with Gasteiger partial charge in [0.15, 0.2) is 0 Å². The fourth-order valence-electron chi connectivity index (χ4n) is 8.80. The van der Waals surface area contributed by atoms with Crippen LogP contribution in [-0.2, 0) is 0 Å². The topological polar surface area (TPSA) is 46.1 Å². The van der Waals surface area contributed by atoms with Crippen LogP contribution in [0.4, 0.5) is 0 Å². The van der Waals surface area contributed by atoms with Crippen molar-refractivity contribution in [2.75, 3.05) is 0 Å². The molecule has 4 nitrogen and oxygen atoms in total. The van der Waals surface area contributed by atoms with E-state index in [0.717, 1.165) is 55.5 Å². The number of fused-ring (bicyclic) bond motifs is 9. The maximum atomic E-state index is 9.29. The third-order valence-electron chi connectivity index (χ3n) is 11.7. The number of nitrogens with zero attached hydrogens (tertiary/aromatic N) is 3. The number of hydrogen-bond acceptors (Lipinski definition) is 2. The second-order valence-electron chi connectivity index (χ2n) is 15.2. The standard InChI is InChI=1S/C56H38N4/c57-50(42-28-24-40(25-29-42)38-14-4-1-5-15-38)36-51(43-30-26-41(27-31-43)39-16-6-2-7-17-39)58-37-59-52-22-12-11-21-49(52)55-46-32-33-47-45-20-10-13-23-53(45)60(44-18-8-3-9-19-44)56(47)48(46)34-35-54(55)59/h1-37,57H/b51-36-,57-50?,58-37?. The molecule has 0 spiro atoms. The summed E-state index contributed by atoms with van der Waals surface area (Å²) in [5, 5.41) is 16.5. The summed E-state index contributed by atoms with van der Waals surface area (Å²) in [7, 11) is 0. The molecule has 4 heteroatoms. The number of hydrogen-bond donors (Lipinski definition) is 1. The van der Waals surface area contributed by atoms with E-state index >= 15 is 0 Å². The number of allylic oxidation sites excluding steroid dienone is 1. The van der Waals surface area contributed by atoms with Gasteiger partial charge >= 0.3 is 0 Å². The first kappa shape index (κ1) is 35.1. The van der Waals surface area contributed by atoms with Gasteiger partial charge in [0.2, 0.25) is 0 Å². The van der Waals surface area contributed by atoms with Gasteiger partial charge < -0.3 is 9.98 Å². The van der Waals surface area contributed by atoms with E-state index < -0.39 is 0 Å². The number of nitrogens with one attached hydrogen (secondary N) is 1. The van der Waals surface area contributed by atoms with Crippen molar-refractivity contribution >= 4 is 72.1 Å². The predicted molar refractivity (Wildman–Crippen MR) is 254 cm³/mol. The molecule has 0 aliphatic rings. The molecule has 0 aliphatic carbocycles. The zero-order valence-electron chi connectivity index (χ0n) is 32.7. The summed E-state index contributed by atoms with van der Waals surface area (Å²) in [6.07, 6.45) is 3.81. The molecule has 11 rings (SSSR count). The molecule has 0 saturated carbocycles. The lowest BCUT2D eigenvalue weighted by Crippen LogP contribution is -1.99. The first-order valence-electron chi connectivity index (χ1n) is 20.3. The van der Waals surface area contributed by atoms with Gasteiger partial charge in [-0.05, 0) is 69.6 Å². The Kier molecular flexibility index (Phi) is 8.60. The van der Waals surface area contributed by atoms with Crippen LogP contribution in [0.25, 0.3) is 88.0 Å². The van der Waals surface area contributed by atoms with Gasteiger partial charge in [-0.1, -0.05) is 182 Å². The van der Waals surface area contributed by atoms with Gasteiger partial charge in [0, 0.05) is 38.2 Å². The van der Waals surface area contributed by atoms with Gasteiger partial charge in [0.05, 0.1) is 33.5 Å². The SMILES string of the molecule is N=C(/C=C(\N=Cn1c2ccccc2c2c3ccc4c5ccccc5n(-c5ccccc5)c4c3ccc21)c1ccc(-c2ccccc2)cc1)c1ccc(-c2ccccc2)cc1. The molecule has 0 radical (unpaired) electrons. The Morgan fingerprint density at radius 2 is 0.900 bits per heavy atom. The zero-order valence-corrected chi connectivity index (χ0v) is 32.7. The van der Waals surface area contributed by atoms with E-state index in [0.29, 0.717) is 11.4 Å². The average Bonchev–Trinajstić information content (AvgIpc) is 3.84. The van der Waals surface area contributed by atoms with Crippen LogP contribution in [0.2, 0.25) is 0 Å². The van der Waals surface area contributed by atoms with Crippen molar-refractivity contribution < 1.29 is 0 Å². The highest BCUT2D eigenvalue weighted by Gasteiger charge is 2.19. The van der Waals surface area contributed by atoms with Crippen molar-refractivity contribution in [3.63, 3.8) is 0 Å². The van der Waals surface area contributed by atoms with Crippen molar-refractivity contribution in [2.24, 2.45) is 4.99 Å². The van der Waals surface area contributed by atoms with Crippen LogP contribution >= 0.6 is 0 Å². The molecule has 282 valence electrons. The van der Waals surface area contributed by atoms with Crippen LogP contribution < -0.4 is 0 Å². The first-order valence-corrected chi connectivity index (χ1v) is 20.3. The maximum absolute atomic E-state index is 9.29. The van der Waals surface area contributed by atoms with E-state index in [9.17, 15) is 5.41 Å². The highest BCUT2D eigenvalue weighted by Crippen LogP contribution is 2.41. The van der Waals surface area contributed by atoms with E-state index in [1.54, 1.807) is 0 Å². The minimum absolute atomic E-state index is 0.389. The van der Waals surface area contributed by atoms with E-state index in [2.05, 4.69) is 185 Å². The van der Waals surface area contributed by atoms with E-state index in [4.69, 9.17) is 4.99 Å². The molecule has 0 fully saturated rings. The Balaban J connectivity index is 1.06. The molecular formula is C56H38N4. The largest absolute Gasteiger partial charge is 0.309 e. The summed E-state index contributed by atoms with van der Waals surface area (Å²) in [6.45, 7) is 0. The lowest BCUT2D eigenvalue weighted by Gasteiger charge is -2.11. The molecular weight excluding hydrogens is 729 g/mol. The minimum Gasteiger partial charge on any atom is -0.309 e. The molecule has 1 N–H and O–H groups in total.